The Morgan fingerprint density at radius 1 is 1.33 bits per heavy atom. The Balaban J connectivity index is 1.59. The first-order valence-electron chi connectivity index (χ1n) is 11.3. The molecule has 1 unspecified atom stereocenters. The first-order valence-corrected chi connectivity index (χ1v) is 11.3. The third-order valence-corrected chi connectivity index (χ3v) is 5.31. The van der Waals surface area contributed by atoms with E-state index in [0.29, 0.717) is 50.8 Å². The van der Waals surface area contributed by atoms with Crippen molar-refractivity contribution in [2.24, 2.45) is 0 Å². The molecule has 2 aromatic heterocycles. The second-order valence-electron chi connectivity index (χ2n) is 7.70. The summed E-state index contributed by atoms with van der Waals surface area (Å²) in [6.07, 6.45) is 5.74. The number of carbonyl (C=O) groups excluding carboxylic acids is 3. The van der Waals surface area contributed by atoms with Crippen LogP contribution in [-0.4, -0.2) is 70.7 Å². The fourth-order valence-corrected chi connectivity index (χ4v) is 3.58. The van der Waals surface area contributed by atoms with Gasteiger partial charge in [0.1, 0.15) is 0 Å². The summed E-state index contributed by atoms with van der Waals surface area (Å²) in [4.78, 5) is 46.5. The number of rotatable bonds is 6. The fourth-order valence-electron chi connectivity index (χ4n) is 3.58. The maximum Gasteiger partial charge on any atom is 0.317 e. The zero-order valence-electron chi connectivity index (χ0n) is 18.8. The number of hydrogen-bond donors (Lipinski definition) is 2. The van der Waals surface area contributed by atoms with E-state index in [4.69, 9.17) is 9.26 Å². The molecule has 2 N–H and O–H groups in total. The minimum atomic E-state index is -0.359. The lowest BCUT2D eigenvalue weighted by molar-refractivity contribution is -0.142. The maximum atomic E-state index is 12.6. The van der Waals surface area contributed by atoms with Gasteiger partial charge >= 0.3 is 12.0 Å². The molecular formula is C22H30N6O5. The highest BCUT2D eigenvalue weighted by Crippen LogP contribution is 2.26. The number of aromatic nitrogens is 3. The monoisotopic (exact) mass is 458 g/mol. The number of nitrogens with one attached hydrogen (secondary N) is 2. The SMILES string of the molecule is CCOC(=O)CCNC(=O)N1CCCC(c2nc(-c3cccnc3)no2)CCNC(=O)CC1. The van der Waals surface area contributed by atoms with E-state index in [9.17, 15) is 14.4 Å². The topological polar surface area (TPSA) is 140 Å². The number of urea groups is 1. The molecule has 1 saturated heterocycles. The molecule has 33 heavy (non-hydrogen) atoms. The average Bonchev–Trinajstić information content (AvgIpc) is 3.29. The van der Waals surface area contributed by atoms with Gasteiger partial charge in [0.25, 0.3) is 0 Å². The van der Waals surface area contributed by atoms with Crippen molar-refractivity contribution in [3.63, 3.8) is 0 Å². The molecule has 1 fully saturated rings. The molecule has 3 heterocycles. The number of ether oxygens (including phenoxy) is 1. The minimum Gasteiger partial charge on any atom is -0.466 e. The summed E-state index contributed by atoms with van der Waals surface area (Å²) in [5.74, 6) is 0.450. The molecular weight excluding hydrogens is 428 g/mol. The largest absolute Gasteiger partial charge is 0.466 e. The second kappa shape index (κ2) is 12.5. The molecule has 11 heteroatoms. The van der Waals surface area contributed by atoms with Gasteiger partial charge in [-0.25, -0.2) is 4.79 Å². The summed E-state index contributed by atoms with van der Waals surface area (Å²) >= 11 is 0. The molecule has 1 atom stereocenters. The van der Waals surface area contributed by atoms with Crippen molar-refractivity contribution in [2.75, 3.05) is 32.8 Å². The fraction of sp³-hybridized carbons (Fsp3) is 0.545. The second-order valence-corrected chi connectivity index (χ2v) is 7.70. The quantitative estimate of drug-likeness (QED) is 0.625. The molecule has 11 nitrogen and oxygen atoms in total. The van der Waals surface area contributed by atoms with E-state index in [2.05, 4.69) is 25.8 Å². The molecule has 0 radical (unpaired) electrons. The van der Waals surface area contributed by atoms with Crippen LogP contribution in [0.4, 0.5) is 4.79 Å². The van der Waals surface area contributed by atoms with Crippen LogP contribution in [0.25, 0.3) is 11.4 Å². The summed E-state index contributed by atoms with van der Waals surface area (Å²) < 4.78 is 10.4. The van der Waals surface area contributed by atoms with Gasteiger partial charge in [-0.2, -0.15) is 4.98 Å². The number of carbonyl (C=O) groups is 3. The molecule has 0 bridgehead atoms. The summed E-state index contributed by atoms with van der Waals surface area (Å²) in [5.41, 5.74) is 0.767. The van der Waals surface area contributed by atoms with Crippen LogP contribution >= 0.6 is 0 Å². The van der Waals surface area contributed by atoms with Crippen LogP contribution in [0.5, 0.6) is 0 Å². The molecule has 1 aliphatic rings. The maximum absolute atomic E-state index is 12.6. The Hall–Kier alpha value is -3.50. The molecule has 0 aliphatic carbocycles. The number of amides is 3. The Morgan fingerprint density at radius 2 is 2.21 bits per heavy atom. The lowest BCUT2D eigenvalue weighted by Crippen LogP contribution is -2.43. The van der Waals surface area contributed by atoms with E-state index < -0.39 is 0 Å². The third-order valence-electron chi connectivity index (χ3n) is 5.31. The van der Waals surface area contributed by atoms with Crippen molar-refractivity contribution < 1.29 is 23.6 Å². The third kappa shape index (κ3) is 7.55. The summed E-state index contributed by atoms with van der Waals surface area (Å²) in [5, 5.41) is 9.69. The average molecular weight is 459 g/mol. The molecule has 3 rings (SSSR count). The van der Waals surface area contributed by atoms with Crippen LogP contribution in [0.3, 0.4) is 0 Å². The first kappa shape index (κ1) is 24.1. The van der Waals surface area contributed by atoms with Gasteiger partial charge in [-0.15, -0.1) is 0 Å². The smallest absolute Gasteiger partial charge is 0.317 e. The van der Waals surface area contributed by atoms with E-state index in [0.717, 1.165) is 12.0 Å². The van der Waals surface area contributed by atoms with Crippen LogP contribution in [0.2, 0.25) is 0 Å². The van der Waals surface area contributed by atoms with Gasteiger partial charge in [0, 0.05) is 56.5 Å². The first-order chi connectivity index (χ1) is 16.1. The van der Waals surface area contributed by atoms with Gasteiger partial charge in [0.15, 0.2) is 0 Å². The number of nitrogens with zero attached hydrogens (tertiary/aromatic N) is 4. The van der Waals surface area contributed by atoms with Gasteiger partial charge in [-0.3, -0.25) is 14.6 Å². The zero-order chi connectivity index (χ0) is 23.5. The van der Waals surface area contributed by atoms with Gasteiger partial charge in [0.2, 0.25) is 17.6 Å². The highest BCUT2D eigenvalue weighted by atomic mass is 16.5. The summed E-state index contributed by atoms with van der Waals surface area (Å²) in [6, 6.07) is 3.36. The Kier molecular flexibility index (Phi) is 9.16. The Morgan fingerprint density at radius 3 is 3.00 bits per heavy atom. The molecule has 1 aliphatic heterocycles. The summed E-state index contributed by atoms with van der Waals surface area (Å²) in [7, 11) is 0. The predicted octanol–water partition coefficient (Wildman–Crippen LogP) is 1.87. The van der Waals surface area contributed by atoms with E-state index >= 15 is 0 Å². The predicted molar refractivity (Wildman–Crippen MR) is 118 cm³/mol. The molecule has 0 aromatic carbocycles. The zero-order valence-corrected chi connectivity index (χ0v) is 18.8. The van der Waals surface area contributed by atoms with Crippen molar-refractivity contribution in [1.29, 1.82) is 0 Å². The van der Waals surface area contributed by atoms with Crippen LogP contribution in [0, 0.1) is 0 Å². The molecule has 2 aromatic rings. The van der Waals surface area contributed by atoms with Gasteiger partial charge in [-0.05, 0) is 38.3 Å². The Bertz CT molecular complexity index is 919. The van der Waals surface area contributed by atoms with Crippen molar-refractivity contribution in [1.82, 2.24) is 30.7 Å². The lowest BCUT2D eigenvalue weighted by atomic mass is 9.99. The van der Waals surface area contributed by atoms with Crippen LogP contribution in [0.15, 0.2) is 29.0 Å². The van der Waals surface area contributed by atoms with Crippen molar-refractivity contribution in [3.8, 4) is 11.4 Å². The van der Waals surface area contributed by atoms with E-state index in [-0.39, 0.29) is 43.2 Å². The van der Waals surface area contributed by atoms with E-state index in [1.165, 1.54) is 0 Å². The van der Waals surface area contributed by atoms with Crippen LogP contribution < -0.4 is 10.6 Å². The highest BCUT2D eigenvalue weighted by Gasteiger charge is 2.23. The van der Waals surface area contributed by atoms with E-state index in [1.807, 2.05) is 6.07 Å². The van der Waals surface area contributed by atoms with Crippen molar-refractivity contribution in [3.05, 3.63) is 30.4 Å². The number of esters is 1. The van der Waals surface area contributed by atoms with Gasteiger partial charge in [-0.1, -0.05) is 5.16 Å². The number of pyridine rings is 1. The molecule has 3 amide bonds. The van der Waals surface area contributed by atoms with Crippen LogP contribution in [0.1, 0.15) is 50.8 Å². The Labute approximate surface area is 192 Å². The number of hydrogen-bond acceptors (Lipinski definition) is 8. The minimum absolute atomic E-state index is 0.0463. The van der Waals surface area contributed by atoms with Crippen molar-refractivity contribution in [2.45, 2.75) is 44.9 Å². The standard InChI is InChI=1S/C22H30N6O5/c1-2-32-19(30)8-12-25-22(31)28-13-4-6-16(7-11-24-18(29)9-14-28)21-26-20(27-33-21)17-5-3-10-23-15-17/h3,5,10,15-16H,2,4,6-9,11-14H2,1H3,(H,24,29)(H,25,31). The van der Waals surface area contributed by atoms with Gasteiger partial charge < -0.3 is 24.8 Å². The summed E-state index contributed by atoms with van der Waals surface area (Å²) in [6.45, 7) is 3.48. The van der Waals surface area contributed by atoms with Crippen molar-refractivity contribution >= 4 is 17.9 Å². The molecule has 178 valence electrons. The van der Waals surface area contributed by atoms with Gasteiger partial charge in [0.05, 0.1) is 13.0 Å². The van der Waals surface area contributed by atoms with E-state index in [1.54, 1.807) is 30.3 Å². The lowest BCUT2D eigenvalue weighted by Gasteiger charge is -2.23. The molecule has 0 saturated carbocycles. The highest BCUT2D eigenvalue weighted by molar-refractivity contribution is 5.78. The normalized spacial score (nSPS) is 17.5. The molecule has 0 spiro atoms. The van der Waals surface area contributed by atoms with Crippen LogP contribution in [-0.2, 0) is 14.3 Å².